The summed E-state index contributed by atoms with van der Waals surface area (Å²) in [5, 5.41) is 9.08. The Morgan fingerprint density at radius 2 is 2.28 bits per heavy atom. The maximum atomic E-state index is 12.1. The normalized spacial score (nSPS) is 29.8. The smallest absolute Gasteiger partial charge is 0.340 e. The van der Waals surface area contributed by atoms with Crippen LogP contribution in [0.4, 0.5) is 0 Å². The van der Waals surface area contributed by atoms with Crippen molar-refractivity contribution >= 4 is 17.7 Å². The van der Waals surface area contributed by atoms with Crippen molar-refractivity contribution in [3.8, 4) is 0 Å². The SMILES string of the molecule is C=CCOC(=O)[C@@]1(CCO)C(=O)C[C@@H]2CC(=O)N21. The van der Waals surface area contributed by atoms with Gasteiger partial charge in [0.1, 0.15) is 6.61 Å². The highest BCUT2D eigenvalue weighted by molar-refractivity contribution is 6.15. The summed E-state index contributed by atoms with van der Waals surface area (Å²) < 4.78 is 4.92. The van der Waals surface area contributed by atoms with Gasteiger partial charge in [-0.2, -0.15) is 0 Å². The van der Waals surface area contributed by atoms with Crippen molar-refractivity contribution in [2.75, 3.05) is 13.2 Å². The van der Waals surface area contributed by atoms with E-state index in [0.29, 0.717) is 0 Å². The number of amides is 1. The Balaban J connectivity index is 2.30. The maximum Gasteiger partial charge on any atom is 0.340 e. The van der Waals surface area contributed by atoms with Crippen LogP contribution in [0.3, 0.4) is 0 Å². The molecule has 2 saturated heterocycles. The molecule has 2 rings (SSSR count). The van der Waals surface area contributed by atoms with Crippen LogP contribution in [0.5, 0.6) is 0 Å². The summed E-state index contributed by atoms with van der Waals surface area (Å²) in [7, 11) is 0. The van der Waals surface area contributed by atoms with Gasteiger partial charge in [-0.05, 0) is 0 Å². The van der Waals surface area contributed by atoms with Crippen LogP contribution in [-0.2, 0) is 19.1 Å². The van der Waals surface area contributed by atoms with Crippen molar-refractivity contribution in [2.45, 2.75) is 30.8 Å². The van der Waals surface area contributed by atoms with E-state index in [1.54, 1.807) is 0 Å². The molecule has 0 radical (unpaired) electrons. The number of hydrogen-bond acceptors (Lipinski definition) is 5. The van der Waals surface area contributed by atoms with Crippen LogP contribution in [-0.4, -0.2) is 52.5 Å². The number of ketones is 1. The molecule has 0 spiro atoms. The van der Waals surface area contributed by atoms with Crippen molar-refractivity contribution in [3.05, 3.63) is 12.7 Å². The molecule has 0 unspecified atom stereocenters. The van der Waals surface area contributed by atoms with E-state index in [1.807, 2.05) is 0 Å². The molecular weight excluding hydrogens is 238 g/mol. The molecule has 98 valence electrons. The summed E-state index contributed by atoms with van der Waals surface area (Å²) in [4.78, 5) is 37.0. The molecule has 0 bridgehead atoms. The Kier molecular flexibility index (Phi) is 3.21. The molecule has 6 heteroatoms. The molecule has 0 aromatic rings. The molecule has 18 heavy (non-hydrogen) atoms. The number of esters is 1. The minimum atomic E-state index is -1.61. The van der Waals surface area contributed by atoms with Gasteiger partial charge in [-0.3, -0.25) is 9.59 Å². The molecule has 0 aromatic heterocycles. The van der Waals surface area contributed by atoms with E-state index >= 15 is 0 Å². The molecule has 2 heterocycles. The Labute approximate surface area is 104 Å². The molecule has 0 saturated carbocycles. The van der Waals surface area contributed by atoms with Gasteiger partial charge in [0.2, 0.25) is 11.4 Å². The first-order valence-corrected chi connectivity index (χ1v) is 5.82. The lowest BCUT2D eigenvalue weighted by Crippen LogP contribution is -2.64. The molecule has 2 aliphatic heterocycles. The van der Waals surface area contributed by atoms with Crippen LogP contribution in [0.1, 0.15) is 19.3 Å². The van der Waals surface area contributed by atoms with E-state index in [9.17, 15) is 14.4 Å². The van der Waals surface area contributed by atoms with Crippen LogP contribution >= 0.6 is 0 Å². The van der Waals surface area contributed by atoms with E-state index in [4.69, 9.17) is 9.84 Å². The zero-order chi connectivity index (χ0) is 13.3. The maximum absolute atomic E-state index is 12.1. The predicted octanol–water partition coefficient (Wildman–Crippen LogP) is -0.590. The predicted molar refractivity (Wildman–Crippen MR) is 60.5 cm³/mol. The highest BCUT2D eigenvalue weighted by Gasteiger charge is 2.64. The Bertz CT molecular complexity index is 419. The Hall–Kier alpha value is -1.69. The number of carbonyl (C=O) groups excluding carboxylic acids is 3. The lowest BCUT2D eigenvalue weighted by Gasteiger charge is -2.43. The van der Waals surface area contributed by atoms with Crippen LogP contribution in [0.15, 0.2) is 12.7 Å². The third-order valence-corrected chi connectivity index (χ3v) is 3.48. The zero-order valence-corrected chi connectivity index (χ0v) is 9.92. The molecular formula is C12H15NO5. The summed E-state index contributed by atoms with van der Waals surface area (Å²) in [5.74, 6) is -1.35. The molecule has 2 aliphatic rings. The van der Waals surface area contributed by atoms with Crippen molar-refractivity contribution < 1.29 is 24.2 Å². The number of hydrogen-bond donors (Lipinski definition) is 1. The summed E-state index contributed by atoms with van der Waals surface area (Å²) >= 11 is 0. The van der Waals surface area contributed by atoms with Crippen molar-refractivity contribution in [3.63, 3.8) is 0 Å². The van der Waals surface area contributed by atoms with E-state index in [0.717, 1.165) is 0 Å². The second-order valence-electron chi connectivity index (χ2n) is 4.47. The van der Waals surface area contributed by atoms with Gasteiger partial charge in [0, 0.05) is 31.9 Å². The molecule has 0 aliphatic carbocycles. The number of aliphatic hydroxyl groups is 1. The molecule has 0 aromatic carbocycles. The van der Waals surface area contributed by atoms with Crippen molar-refractivity contribution in [2.24, 2.45) is 0 Å². The van der Waals surface area contributed by atoms with Crippen LogP contribution < -0.4 is 0 Å². The number of aliphatic hydroxyl groups excluding tert-OH is 1. The zero-order valence-electron chi connectivity index (χ0n) is 9.92. The van der Waals surface area contributed by atoms with Gasteiger partial charge in [-0.25, -0.2) is 4.79 Å². The van der Waals surface area contributed by atoms with Gasteiger partial charge in [-0.15, -0.1) is 0 Å². The van der Waals surface area contributed by atoms with Gasteiger partial charge in [0.25, 0.3) is 0 Å². The fraction of sp³-hybridized carbons (Fsp3) is 0.583. The van der Waals surface area contributed by atoms with Crippen molar-refractivity contribution in [1.29, 1.82) is 0 Å². The van der Waals surface area contributed by atoms with Gasteiger partial charge < -0.3 is 14.7 Å². The first-order chi connectivity index (χ1) is 8.57. The summed E-state index contributed by atoms with van der Waals surface area (Å²) in [5.41, 5.74) is -1.61. The third-order valence-electron chi connectivity index (χ3n) is 3.48. The van der Waals surface area contributed by atoms with Crippen LogP contribution in [0.2, 0.25) is 0 Å². The number of Topliss-reactive ketones (excluding diaryl/α,β-unsaturated/α-hetero) is 1. The van der Waals surface area contributed by atoms with Gasteiger partial charge in [0.15, 0.2) is 5.78 Å². The van der Waals surface area contributed by atoms with Crippen LogP contribution in [0, 0.1) is 0 Å². The van der Waals surface area contributed by atoms with Gasteiger partial charge in [-0.1, -0.05) is 12.7 Å². The second kappa shape index (κ2) is 4.53. The summed E-state index contributed by atoms with van der Waals surface area (Å²) in [6, 6.07) is -0.215. The number of nitrogens with zero attached hydrogens (tertiary/aromatic N) is 1. The number of rotatable bonds is 5. The minimum Gasteiger partial charge on any atom is -0.459 e. The fourth-order valence-corrected chi connectivity index (χ4v) is 2.68. The molecule has 2 atom stereocenters. The van der Waals surface area contributed by atoms with Crippen LogP contribution in [0.25, 0.3) is 0 Å². The van der Waals surface area contributed by atoms with E-state index in [-0.39, 0.29) is 50.2 Å². The summed E-state index contributed by atoms with van der Waals surface area (Å²) in [6.07, 6.45) is 1.73. The highest BCUT2D eigenvalue weighted by Crippen LogP contribution is 2.42. The quantitative estimate of drug-likeness (QED) is 0.306. The van der Waals surface area contributed by atoms with Crippen molar-refractivity contribution in [1.82, 2.24) is 4.90 Å². The molecule has 2 fully saturated rings. The number of carbonyl (C=O) groups is 3. The molecule has 6 nitrogen and oxygen atoms in total. The Morgan fingerprint density at radius 1 is 1.56 bits per heavy atom. The lowest BCUT2D eigenvalue weighted by molar-refractivity contribution is -0.172. The van der Waals surface area contributed by atoms with Gasteiger partial charge in [0.05, 0.1) is 0 Å². The monoisotopic (exact) mass is 253 g/mol. The second-order valence-corrected chi connectivity index (χ2v) is 4.47. The topological polar surface area (TPSA) is 83.9 Å². The Morgan fingerprint density at radius 3 is 2.83 bits per heavy atom. The summed E-state index contributed by atoms with van der Waals surface area (Å²) in [6.45, 7) is 3.04. The van der Waals surface area contributed by atoms with E-state index in [2.05, 4.69) is 6.58 Å². The van der Waals surface area contributed by atoms with E-state index < -0.39 is 11.5 Å². The number of ether oxygens (including phenoxy) is 1. The fourth-order valence-electron chi connectivity index (χ4n) is 2.68. The third kappa shape index (κ3) is 1.56. The molecule has 1 amide bonds. The average molecular weight is 253 g/mol. The van der Waals surface area contributed by atoms with E-state index in [1.165, 1.54) is 11.0 Å². The first-order valence-electron chi connectivity index (χ1n) is 5.82. The first kappa shape index (κ1) is 12.8. The standard InChI is InChI=1S/C12H15NO5/c1-2-5-18-11(17)12(3-4-14)9(15)6-8-7-10(16)13(8)12/h2,8,14H,1,3-7H2/t8-,12-/m1/s1. The minimum absolute atomic E-state index is 0.0218. The average Bonchev–Trinajstić information content (AvgIpc) is 2.55. The number of β-lactam (4-membered cyclic amide) rings is 1. The highest BCUT2D eigenvalue weighted by atomic mass is 16.5. The largest absolute Gasteiger partial charge is 0.459 e. The number of fused-ring (bicyclic) bond motifs is 1. The van der Waals surface area contributed by atoms with Gasteiger partial charge >= 0.3 is 5.97 Å². The molecule has 1 N–H and O–H groups in total. The lowest BCUT2D eigenvalue weighted by atomic mass is 9.90.